The van der Waals surface area contributed by atoms with E-state index in [2.05, 4.69) is 27.2 Å². The van der Waals surface area contributed by atoms with Crippen LogP contribution in [0, 0.1) is 0 Å². The molecule has 2 rings (SSSR count). The average Bonchev–Trinajstić information content (AvgIpc) is 2.45. The van der Waals surface area contributed by atoms with E-state index in [4.69, 9.17) is 16.3 Å². The van der Waals surface area contributed by atoms with Gasteiger partial charge in [0.1, 0.15) is 17.4 Å². The van der Waals surface area contributed by atoms with Crippen LogP contribution in [0.4, 0.5) is 5.82 Å². The van der Waals surface area contributed by atoms with Crippen LogP contribution in [0.3, 0.4) is 0 Å². The second-order valence-corrected chi connectivity index (χ2v) is 4.67. The molecule has 2 aromatic rings. The van der Waals surface area contributed by atoms with Gasteiger partial charge in [0.25, 0.3) is 0 Å². The smallest absolute Gasteiger partial charge is 0.224 e. The molecule has 6 heteroatoms. The van der Waals surface area contributed by atoms with Gasteiger partial charge in [-0.3, -0.25) is 4.98 Å². The summed E-state index contributed by atoms with van der Waals surface area (Å²) >= 11 is 5.88. The lowest BCUT2D eigenvalue weighted by Crippen LogP contribution is -2.05. The van der Waals surface area contributed by atoms with Gasteiger partial charge in [-0.2, -0.15) is 4.98 Å². The van der Waals surface area contributed by atoms with Crippen molar-refractivity contribution in [1.29, 1.82) is 0 Å². The van der Waals surface area contributed by atoms with Gasteiger partial charge in [-0.1, -0.05) is 25.4 Å². The number of ether oxygens (including phenoxy) is 1. The number of pyridine rings is 1. The van der Waals surface area contributed by atoms with Crippen molar-refractivity contribution in [2.24, 2.45) is 0 Å². The van der Waals surface area contributed by atoms with Gasteiger partial charge in [0.2, 0.25) is 5.88 Å². The third-order valence-corrected chi connectivity index (χ3v) is 2.73. The summed E-state index contributed by atoms with van der Waals surface area (Å²) in [6.07, 6.45) is 4.92. The summed E-state index contributed by atoms with van der Waals surface area (Å²) in [5, 5.41) is 3.76. The van der Waals surface area contributed by atoms with Crippen LogP contribution in [-0.2, 0) is 6.42 Å². The van der Waals surface area contributed by atoms with E-state index in [9.17, 15) is 0 Å². The Bertz CT molecular complexity index is 577. The number of aromatic nitrogens is 3. The van der Waals surface area contributed by atoms with Gasteiger partial charge >= 0.3 is 0 Å². The van der Waals surface area contributed by atoms with Crippen molar-refractivity contribution in [2.75, 3.05) is 11.9 Å². The maximum atomic E-state index is 5.88. The number of nitrogens with one attached hydrogen (secondary N) is 1. The Kier molecular flexibility index (Phi) is 5.12. The summed E-state index contributed by atoms with van der Waals surface area (Å²) in [4.78, 5) is 12.7. The van der Waals surface area contributed by atoms with Crippen LogP contribution in [-0.4, -0.2) is 21.5 Å². The predicted octanol–water partition coefficient (Wildman–Crippen LogP) is 3.70. The normalized spacial score (nSPS) is 10.3. The lowest BCUT2D eigenvalue weighted by molar-refractivity contribution is 0.457. The minimum absolute atomic E-state index is 0.486. The quantitative estimate of drug-likeness (QED) is 0.879. The van der Waals surface area contributed by atoms with Gasteiger partial charge in [0.05, 0.1) is 11.2 Å². The molecule has 0 aromatic carbocycles. The topological polar surface area (TPSA) is 59.9 Å². The molecule has 2 aromatic heterocycles. The number of nitrogens with zero attached hydrogens (tertiary/aromatic N) is 3. The van der Waals surface area contributed by atoms with Gasteiger partial charge in [0.15, 0.2) is 0 Å². The van der Waals surface area contributed by atoms with E-state index in [0.29, 0.717) is 16.7 Å². The minimum Gasteiger partial charge on any atom is -0.437 e. The Morgan fingerprint density at radius 1 is 1.20 bits per heavy atom. The van der Waals surface area contributed by atoms with Crippen molar-refractivity contribution in [3.63, 3.8) is 0 Å². The van der Waals surface area contributed by atoms with E-state index >= 15 is 0 Å². The fraction of sp³-hybridized carbons (Fsp3) is 0.357. The van der Waals surface area contributed by atoms with Crippen LogP contribution in [0.2, 0.25) is 5.02 Å². The number of hydrogen-bond acceptors (Lipinski definition) is 5. The highest BCUT2D eigenvalue weighted by Crippen LogP contribution is 2.23. The molecule has 0 aliphatic heterocycles. The van der Waals surface area contributed by atoms with Crippen molar-refractivity contribution in [1.82, 2.24) is 15.0 Å². The Morgan fingerprint density at radius 2 is 2.05 bits per heavy atom. The van der Waals surface area contributed by atoms with E-state index in [1.54, 1.807) is 24.5 Å². The molecule has 0 saturated heterocycles. The highest BCUT2D eigenvalue weighted by molar-refractivity contribution is 6.30. The highest BCUT2D eigenvalue weighted by atomic mass is 35.5. The number of rotatable bonds is 6. The lowest BCUT2D eigenvalue weighted by atomic mass is 10.4. The fourth-order valence-corrected chi connectivity index (χ4v) is 1.76. The molecule has 0 unspecified atom stereocenters. The Morgan fingerprint density at radius 3 is 2.75 bits per heavy atom. The summed E-state index contributed by atoms with van der Waals surface area (Å²) < 4.78 is 5.68. The molecule has 0 amide bonds. The number of anilines is 1. The van der Waals surface area contributed by atoms with Gasteiger partial charge in [-0.05, 0) is 6.42 Å². The van der Waals surface area contributed by atoms with Crippen molar-refractivity contribution in [2.45, 2.75) is 26.7 Å². The Balaban J connectivity index is 2.21. The van der Waals surface area contributed by atoms with Crippen LogP contribution >= 0.6 is 11.6 Å². The van der Waals surface area contributed by atoms with Crippen molar-refractivity contribution < 1.29 is 4.74 Å². The first-order chi connectivity index (χ1) is 9.71. The fourth-order valence-electron chi connectivity index (χ4n) is 1.60. The third kappa shape index (κ3) is 4.06. The molecule has 0 saturated carbocycles. The zero-order chi connectivity index (χ0) is 14.4. The third-order valence-electron chi connectivity index (χ3n) is 2.52. The van der Waals surface area contributed by atoms with Crippen LogP contribution in [0.5, 0.6) is 11.6 Å². The number of aryl methyl sites for hydroxylation is 1. The molecule has 5 nitrogen and oxygen atoms in total. The predicted molar refractivity (Wildman–Crippen MR) is 79.5 cm³/mol. The second-order valence-electron chi connectivity index (χ2n) is 4.23. The van der Waals surface area contributed by atoms with Crippen molar-refractivity contribution in [3.8, 4) is 11.6 Å². The van der Waals surface area contributed by atoms with E-state index in [-0.39, 0.29) is 0 Å². The van der Waals surface area contributed by atoms with Crippen LogP contribution in [0.1, 0.15) is 26.1 Å². The molecular formula is C14H17ClN4O. The van der Waals surface area contributed by atoms with Gasteiger partial charge in [-0.15, -0.1) is 0 Å². The molecule has 0 radical (unpaired) electrons. The molecule has 0 bridgehead atoms. The Labute approximate surface area is 123 Å². The van der Waals surface area contributed by atoms with E-state index in [1.165, 1.54) is 0 Å². The Hall–Kier alpha value is -1.88. The molecule has 0 spiro atoms. The van der Waals surface area contributed by atoms with Crippen molar-refractivity contribution in [3.05, 3.63) is 35.4 Å². The molecular weight excluding hydrogens is 276 g/mol. The summed E-state index contributed by atoms with van der Waals surface area (Å²) in [7, 11) is 0. The first-order valence-electron chi connectivity index (χ1n) is 6.61. The molecule has 0 atom stereocenters. The van der Waals surface area contributed by atoms with Gasteiger partial charge < -0.3 is 10.1 Å². The second kappa shape index (κ2) is 7.05. The van der Waals surface area contributed by atoms with Crippen molar-refractivity contribution >= 4 is 17.4 Å². The summed E-state index contributed by atoms with van der Waals surface area (Å²) in [6.45, 7) is 4.96. The van der Waals surface area contributed by atoms with Crippen LogP contribution in [0.25, 0.3) is 0 Å². The maximum Gasteiger partial charge on any atom is 0.224 e. The first-order valence-corrected chi connectivity index (χ1v) is 6.99. The summed E-state index contributed by atoms with van der Waals surface area (Å²) in [6, 6.07) is 3.47. The van der Waals surface area contributed by atoms with E-state index in [0.717, 1.165) is 31.0 Å². The monoisotopic (exact) mass is 292 g/mol. The van der Waals surface area contributed by atoms with E-state index in [1.807, 2.05) is 6.92 Å². The summed E-state index contributed by atoms with van der Waals surface area (Å²) in [5.41, 5.74) is 0. The zero-order valence-electron chi connectivity index (χ0n) is 11.6. The van der Waals surface area contributed by atoms with E-state index < -0.39 is 0 Å². The molecule has 20 heavy (non-hydrogen) atoms. The first kappa shape index (κ1) is 14.5. The molecule has 0 aliphatic carbocycles. The maximum absolute atomic E-state index is 5.88. The van der Waals surface area contributed by atoms with Crippen LogP contribution < -0.4 is 10.1 Å². The number of hydrogen-bond donors (Lipinski definition) is 1. The highest BCUT2D eigenvalue weighted by Gasteiger charge is 2.06. The molecule has 0 fully saturated rings. The van der Waals surface area contributed by atoms with Gasteiger partial charge in [0, 0.05) is 31.3 Å². The molecule has 0 aliphatic rings. The van der Waals surface area contributed by atoms with Gasteiger partial charge in [-0.25, -0.2) is 4.98 Å². The standard InChI is InChI=1S/C14H17ClN4O/c1-3-5-17-13-7-14(19-12(4-2)18-13)20-11-6-10(15)8-16-9-11/h6-9H,3-5H2,1-2H3,(H,17,18,19). The molecule has 2 heterocycles. The lowest BCUT2D eigenvalue weighted by Gasteiger charge is -2.09. The minimum atomic E-state index is 0.486. The number of halogens is 1. The largest absolute Gasteiger partial charge is 0.437 e. The SMILES string of the molecule is CCCNc1cc(Oc2cncc(Cl)c2)nc(CC)n1. The zero-order valence-corrected chi connectivity index (χ0v) is 12.3. The average molecular weight is 293 g/mol. The van der Waals surface area contributed by atoms with Crippen LogP contribution in [0.15, 0.2) is 24.5 Å². The molecule has 106 valence electrons. The summed E-state index contributed by atoms with van der Waals surface area (Å²) in [5.74, 6) is 2.54. The molecule has 1 N–H and O–H groups in total.